The molecule has 0 bridgehead atoms. The predicted octanol–water partition coefficient (Wildman–Crippen LogP) is 8.99. The molecule has 33 heavy (non-hydrogen) atoms. The average Bonchev–Trinajstić information content (AvgIpc) is 2.90. The van der Waals surface area contributed by atoms with E-state index in [0.29, 0.717) is 0 Å². The molecule has 0 heterocycles. The minimum absolute atomic E-state index is 1.13. The minimum atomic E-state index is 1.13. The molecule has 0 unspecified atom stereocenters. The molecule has 5 rings (SSSR count). The normalized spacial score (nSPS) is 10.9. The van der Waals surface area contributed by atoms with E-state index in [4.69, 9.17) is 0 Å². The van der Waals surface area contributed by atoms with Gasteiger partial charge in [0.05, 0.1) is 0 Å². The maximum atomic E-state index is 2.30. The Morgan fingerprint density at radius 1 is 0.364 bits per heavy atom. The molecule has 0 saturated carbocycles. The number of rotatable bonds is 6. The highest BCUT2D eigenvalue weighted by Crippen LogP contribution is 2.36. The van der Waals surface area contributed by atoms with Crippen molar-refractivity contribution in [3.8, 4) is 11.1 Å². The fourth-order valence-electron chi connectivity index (χ4n) is 3.97. The molecular weight excluding hydrogens is 398 g/mol. The van der Waals surface area contributed by atoms with Gasteiger partial charge in [-0.1, -0.05) is 115 Å². The number of anilines is 3. The molecule has 5 aromatic carbocycles. The summed E-state index contributed by atoms with van der Waals surface area (Å²) < 4.78 is 0. The number of hydrogen-bond donors (Lipinski definition) is 0. The van der Waals surface area contributed by atoms with Gasteiger partial charge in [-0.15, -0.1) is 0 Å². The van der Waals surface area contributed by atoms with E-state index < -0.39 is 0 Å². The summed E-state index contributed by atoms with van der Waals surface area (Å²) in [6, 6.07) is 48.9. The molecule has 1 heteroatoms. The van der Waals surface area contributed by atoms with Crippen molar-refractivity contribution < 1.29 is 0 Å². The van der Waals surface area contributed by atoms with Gasteiger partial charge in [0, 0.05) is 17.1 Å². The van der Waals surface area contributed by atoms with Crippen LogP contribution >= 0.6 is 0 Å². The Labute approximate surface area is 195 Å². The first-order valence-corrected chi connectivity index (χ1v) is 11.2. The molecule has 0 atom stereocenters. The van der Waals surface area contributed by atoms with E-state index in [0.717, 1.165) is 17.1 Å². The molecule has 0 amide bonds. The van der Waals surface area contributed by atoms with Gasteiger partial charge in [-0.3, -0.25) is 0 Å². The highest BCUT2D eigenvalue weighted by molar-refractivity contribution is 5.80. The second-order valence-corrected chi connectivity index (χ2v) is 7.92. The van der Waals surface area contributed by atoms with E-state index >= 15 is 0 Å². The van der Waals surface area contributed by atoms with Crippen molar-refractivity contribution in [1.82, 2.24) is 0 Å². The lowest BCUT2D eigenvalue weighted by Gasteiger charge is -2.26. The van der Waals surface area contributed by atoms with Crippen molar-refractivity contribution in [1.29, 1.82) is 0 Å². The first-order valence-electron chi connectivity index (χ1n) is 11.2. The lowest BCUT2D eigenvalue weighted by atomic mass is 10.0. The minimum Gasteiger partial charge on any atom is -0.310 e. The van der Waals surface area contributed by atoms with E-state index in [1.807, 2.05) is 6.07 Å². The third-order valence-corrected chi connectivity index (χ3v) is 5.64. The van der Waals surface area contributed by atoms with Gasteiger partial charge in [0.15, 0.2) is 0 Å². The van der Waals surface area contributed by atoms with Gasteiger partial charge in [-0.25, -0.2) is 0 Å². The Balaban J connectivity index is 1.50. The molecule has 0 aliphatic carbocycles. The van der Waals surface area contributed by atoms with Crippen LogP contribution in [0.5, 0.6) is 0 Å². The SMILES string of the molecule is C(=Cc1ccc(N(c2ccccc2)c2cccc(-c3ccccc3)c2)cc1)c1ccccc1. The molecule has 0 radical (unpaired) electrons. The maximum absolute atomic E-state index is 2.30. The summed E-state index contributed by atoms with van der Waals surface area (Å²) >= 11 is 0. The average molecular weight is 424 g/mol. The fourth-order valence-corrected chi connectivity index (χ4v) is 3.97. The van der Waals surface area contributed by atoms with Gasteiger partial charge in [-0.2, -0.15) is 0 Å². The molecule has 0 saturated heterocycles. The highest BCUT2D eigenvalue weighted by Gasteiger charge is 2.13. The first-order chi connectivity index (χ1) is 16.4. The number of benzene rings is 5. The summed E-state index contributed by atoms with van der Waals surface area (Å²) in [5.74, 6) is 0. The van der Waals surface area contributed by atoms with Crippen LogP contribution in [0.4, 0.5) is 17.1 Å². The van der Waals surface area contributed by atoms with Gasteiger partial charge >= 0.3 is 0 Å². The Hall–Kier alpha value is -4.36. The van der Waals surface area contributed by atoms with Crippen molar-refractivity contribution in [2.45, 2.75) is 0 Å². The van der Waals surface area contributed by atoms with E-state index in [9.17, 15) is 0 Å². The van der Waals surface area contributed by atoms with Crippen LogP contribution in [-0.4, -0.2) is 0 Å². The quantitative estimate of drug-likeness (QED) is 0.246. The van der Waals surface area contributed by atoms with Crippen LogP contribution < -0.4 is 4.90 Å². The van der Waals surface area contributed by atoms with Crippen LogP contribution in [-0.2, 0) is 0 Å². The van der Waals surface area contributed by atoms with Crippen molar-refractivity contribution in [3.63, 3.8) is 0 Å². The highest BCUT2D eigenvalue weighted by atomic mass is 15.1. The third-order valence-electron chi connectivity index (χ3n) is 5.64. The number of nitrogens with zero attached hydrogens (tertiary/aromatic N) is 1. The summed E-state index contributed by atoms with van der Waals surface area (Å²) in [5.41, 5.74) is 8.19. The van der Waals surface area contributed by atoms with Crippen molar-refractivity contribution in [2.24, 2.45) is 0 Å². The van der Waals surface area contributed by atoms with Crippen LogP contribution in [0.2, 0.25) is 0 Å². The predicted molar refractivity (Wildman–Crippen MR) is 142 cm³/mol. The van der Waals surface area contributed by atoms with Crippen LogP contribution in [0.25, 0.3) is 23.3 Å². The third kappa shape index (κ3) is 4.94. The molecule has 0 aliphatic heterocycles. The Morgan fingerprint density at radius 3 is 1.52 bits per heavy atom. The van der Waals surface area contributed by atoms with E-state index in [1.54, 1.807) is 0 Å². The second kappa shape index (κ2) is 9.84. The molecule has 0 aliphatic rings. The van der Waals surface area contributed by atoms with Crippen LogP contribution in [0, 0.1) is 0 Å². The van der Waals surface area contributed by atoms with E-state index in [2.05, 4.69) is 151 Å². The van der Waals surface area contributed by atoms with Gasteiger partial charge in [0.25, 0.3) is 0 Å². The standard InChI is InChI=1S/C32H25N/c1-4-11-26(12-5-1)19-20-27-21-23-31(24-22-27)33(30-16-8-3-9-17-30)32-18-10-15-29(25-32)28-13-6-2-7-14-28/h1-25H. The number of para-hydroxylation sites is 1. The Kier molecular flexibility index (Phi) is 6.13. The summed E-state index contributed by atoms with van der Waals surface area (Å²) in [6.07, 6.45) is 4.30. The molecule has 0 fully saturated rings. The Bertz CT molecular complexity index is 1320. The number of hydrogen-bond acceptors (Lipinski definition) is 1. The molecule has 0 aromatic heterocycles. The Morgan fingerprint density at radius 2 is 0.848 bits per heavy atom. The molecule has 1 nitrogen and oxygen atoms in total. The van der Waals surface area contributed by atoms with Gasteiger partial charge < -0.3 is 4.90 Å². The monoisotopic (exact) mass is 423 g/mol. The van der Waals surface area contributed by atoms with E-state index in [-0.39, 0.29) is 0 Å². The van der Waals surface area contributed by atoms with Crippen molar-refractivity contribution >= 4 is 29.2 Å². The van der Waals surface area contributed by atoms with Gasteiger partial charge in [-0.05, 0) is 58.7 Å². The zero-order chi connectivity index (χ0) is 22.3. The maximum Gasteiger partial charge on any atom is 0.0467 e. The summed E-state index contributed by atoms with van der Waals surface area (Å²) in [6.45, 7) is 0. The zero-order valence-corrected chi connectivity index (χ0v) is 18.4. The second-order valence-electron chi connectivity index (χ2n) is 7.92. The van der Waals surface area contributed by atoms with Crippen molar-refractivity contribution in [2.75, 3.05) is 4.90 Å². The summed E-state index contributed by atoms with van der Waals surface area (Å²) in [4.78, 5) is 2.30. The van der Waals surface area contributed by atoms with Crippen molar-refractivity contribution in [3.05, 3.63) is 151 Å². The van der Waals surface area contributed by atoms with Crippen LogP contribution in [0.3, 0.4) is 0 Å². The zero-order valence-electron chi connectivity index (χ0n) is 18.4. The molecule has 5 aromatic rings. The first kappa shape index (κ1) is 20.5. The summed E-state index contributed by atoms with van der Waals surface area (Å²) in [7, 11) is 0. The summed E-state index contributed by atoms with van der Waals surface area (Å²) in [5, 5.41) is 0. The molecule has 0 spiro atoms. The fraction of sp³-hybridized carbons (Fsp3) is 0. The topological polar surface area (TPSA) is 3.24 Å². The van der Waals surface area contributed by atoms with E-state index in [1.165, 1.54) is 22.3 Å². The van der Waals surface area contributed by atoms with Crippen LogP contribution in [0.1, 0.15) is 11.1 Å². The largest absolute Gasteiger partial charge is 0.310 e. The van der Waals surface area contributed by atoms with Gasteiger partial charge in [0.2, 0.25) is 0 Å². The smallest absolute Gasteiger partial charge is 0.0467 e. The molecule has 0 N–H and O–H groups in total. The lowest BCUT2D eigenvalue weighted by Crippen LogP contribution is -2.09. The lowest BCUT2D eigenvalue weighted by molar-refractivity contribution is 1.28. The van der Waals surface area contributed by atoms with Crippen LogP contribution in [0.15, 0.2) is 140 Å². The molecular formula is C32H25N. The molecule has 158 valence electrons. The van der Waals surface area contributed by atoms with Gasteiger partial charge in [0.1, 0.15) is 0 Å².